The van der Waals surface area contributed by atoms with E-state index in [-0.39, 0.29) is 18.9 Å². The minimum absolute atomic E-state index is 0.151. The number of allylic oxidation sites excluding steroid dienone is 2. The van der Waals surface area contributed by atoms with Gasteiger partial charge in [0.1, 0.15) is 0 Å². The van der Waals surface area contributed by atoms with Crippen molar-refractivity contribution in [1.82, 2.24) is 5.32 Å². The van der Waals surface area contributed by atoms with Gasteiger partial charge in [0.2, 0.25) is 0 Å². The van der Waals surface area contributed by atoms with Gasteiger partial charge < -0.3 is 36.0 Å². The van der Waals surface area contributed by atoms with E-state index >= 15 is 0 Å². The molecular weight excluding hydrogens is 510 g/mol. The third-order valence-electron chi connectivity index (χ3n) is 7.06. The molecule has 0 heterocycles. The van der Waals surface area contributed by atoms with Crippen molar-refractivity contribution in [2.75, 3.05) is 13.2 Å². The molecule has 7 N–H and O–H groups in total. The zero-order valence-electron chi connectivity index (χ0n) is 24.4. The molecular formula is C32H53NO7. The second-order valence-electron chi connectivity index (χ2n) is 10.8. The lowest BCUT2D eigenvalue weighted by atomic mass is 9.88. The maximum atomic E-state index is 10.8. The topological polar surface area (TPSA) is 150 Å². The molecule has 0 unspecified atom stereocenters. The SMILES string of the molecule is CCCC[C@H](O)[C@H](O)/C=C/C(CCc1ccccc1)=C(\C[C@H](O)CO)[C@H](CCCCCCC(=O)O)NC[C@H](C)O. The van der Waals surface area contributed by atoms with Gasteiger partial charge in [0.05, 0.1) is 31.0 Å². The average molecular weight is 564 g/mol. The van der Waals surface area contributed by atoms with Gasteiger partial charge in [-0.3, -0.25) is 4.79 Å². The molecule has 0 saturated carbocycles. The van der Waals surface area contributed by atoms with Crippen LogP contribution >= 0.6 is 0 Å². The number of carbonyl (C=O) groups is 1. The highest BCUT2D eigenvalue weighted by atomic mass is 16.4. The lowest BCUT2D eigenvalue weighted by molar-refractivity contribution is -0.137. The highest BCUT2D eigenvalue weighted by molar-refractivity contribution is 5.66. The molecule has 1 aromatic carbocycles. The number of benzene rings is 1. The first-order chi connectivity index (χ1) is 19.2. The number of carboxylic acid groups (broad SMARTS) is 1. The van der Waals surface area contributed by atoms with Gasteiger partial charge in [-0.05, 0) is 62.2 Å². The molecule has 0 radical (unpaired) electrons. The maximum Gasteiger partial charge on any atom is 0.303 e. The summed E-state index contributed by atoms with van der Waals surface area (Å²) in [6, 6.07) is 9.82. The summed E-state index contributed by atoms with van der Waals surface area (Å²) in [6.07, 6.45) is 7.77. The van der Waals surface area contributed by atoms with Crippen molar-refractivity contribution in [3.05, 3.63) is 59.2 Å². The van der Waals surface area contributed by atoms with Gasteiger partial charge in [-0.2, -0.15) is 0 Å². The number of rotatable bonds is 23. The summed E-state index contributed by atoms with van der Waals surface area (Å²) >= 11 is 0. The Kier molecular flexibility index (Phi) is 19.5. The Morgan fingerprint density at radius 1 is 0.950 bits per heavy atom. The molecule has 8 nitrogen and oxygen atoms in total. The molecule has 0 amide bonds. The van der Waals surface area contributed by atoms with Crippen LogP contribution in [0.5, 0.6) is 0 Å². The van der Waals surface area contributed by atoms with E-state index in [1.54, 1.807) is 13.0 Å². The number of aliphatic hydroxyl groups excluding tert-OH is 5. The summed E-state index contributed by atoms with van der Waals surface area (Å²) in [6.45, 7) is 3.68. The van der Waals surface area contributed by atoms with Crippen molar-refractivity contribution in [3.63, 3.8) is 0 Å². The Hall–Kier alpha value is -2.07. The van der Waals surface area contributed by atoms with Crippen LogP contribution in [0.25, 0.3) is 0 Å². The first kappa shape index (κ1) is 36.0. The third kappa shape index (κ3) is 16.3. The minimum Gasteiger partial charge on any atom is -0.481 e. The van der Waals surface area contributed by atoms with Gasteiger partial charge in [0.25, 0.3) is 0 Å². The average Bonchev–Trinajstić information content (AvgIpc) is 2.94. The number of aliphatic hydroxyl groups is 5. The highest BCUT2D eigenvalue weighted by Crippen LogP contribution is 2.26. The molecule has 0 fully saturated rings. The summed E-state index contributed by atoms with van der Waals surface area (Å²) < 4.78 is 0. The van der Waals surface area contributed by atoms with Gasteiger partial charge in [-0.25, -0.2) is 0 Å². The van der Waals surface area contributed by atoms with Crippen LogP contribution in [0, 0.1) is 0 Å². The summed E-state index contributed by atoms with van der Waals surface area (Å²) in [4.78, 5) is 10.8. The fourth-order valence-corrected chi connectivity index (χ4v) is 4.71. The van der Waals surface area contributed by atoms with Gasteiger partial charge in [-0.15, -0.1) is 0 Å². The molecule has 0 saturated heterocycles. The molecule has 0 aliphatic carbocycles. The summed E-state index contributed by atoms with van der Waals surface area (Å²) in [5.74, 6) is -0.795. The van der Waals surface area contributed by atoms with Crippen molar-refractivity contribution in [1.29, 1.82) is 0 Å². The predicted octanol–water partition coefficient (Wildman–Crippen LogP) is 3.89. The molecule has 1 rings (SSSR count). The Morgan fingerprint density at radius 2 is 1.65 bits per heavy atom. The highest BCUT2D eigenvalue weighted by Gasteiger charge is 2.21. The maximum absolute atomic E-state index is 10.8. The van der Waals surface area contributed by atoms with Gasteiger partial charge in [0, 0.05) is 19.0 Å². The van der Waals surface area contributed by atoms with Crippen molar-refractivity contribution >= 4 is 5.97 Å². The largest absolute Gasteiger partial charge is 0.481 e. The minimum atomic E-state index is -1.03. The molecule has 0 spiro atoms. The number of nitrogens with one attached hydrogen (secondary N) is 1. The molecule has 40 heavy (non-hydrogen) atoms. The number of aliphatic carboxylic acids is 1. The van der Waals surface area contributed by atoms with E-state index in [0.717, 1.165) is 55.2 Å². The van der Waals surface area contributed by atoms with Gasteiger partial charge in [0.15, 0.2) is 0 Å². The molecule has 1 aromatic rings. The van der Waals surface area contributed by atoms with Crippen LogP contribution in [0.2, 0.25) is 0 Å². The van der Waals surface area contributed by atoms with Crippen molar-refractivity contribution in [2.45, 2.75) is 121 Å². The summed E-state index contributed by atoms with van der Waals surface area (Å²) in [7, 11) is 0. The molecule has 228 valence electrons. The first-order valence-electron chi connectivity index (χ1n) is 14.9. The van der Waals surface area contributed by atoms with E-state index in [2.05, 4.69) is 5.32 Å². The van der Waals surface area contributed by atoms with Crippen molar-refractivity contribution in [2.24, 2.45) is 0 Å². The van der Waals surface area contributed by atoms with E-state index in [1.165, 1.54) is 0 Å². The third-order valence-corrected chi connectivity index (χ3v) is 7.06. The van der Waals surface area contributed by atoms with Crippen LogP contribution in [0.4, 0.5) is 0 Å². The number of unbranched alkanes of at least 4 members (excludes halogenated alkanes) is 4. The van der Waals surface area contributed by atoms with Crippen molar-refractivity contribution < 1.29 is 35.4 Å². The predicted molar refractivity (Wildman–Crippen MR) is 159 cm³/mol. The summed E-state index contributed by atoms with van der Waals surface area (Å²) in [5, 5.41) is 63.6. The number of carboxylic acids is 1. The first-order valence-corrected chi connectivity index (χ1v) is 14.9. The van der Waals surface area contributed by atoms with Gasteiger partial charge >= 0.3 is 5.97 Å². The van der Waals surface area contributed by atoms with Crippen molar-refractivity contribution in [3.8, 4) is 0 Å². The van der Waals surface area contributed by atoms with E-state index in [1.807, 2.05) is 43.3 Å². The van der Waals surface area contributed by atoms with E-state index in [0.29, 0.717) is 32.2 Å². The van der Waals surface area contributed by atoms with E-state index in [4.69, 9.17) is 5.11 Å². The van der Waals surface area contributed by atoms with Crippen LogP contribution in [-0.2, 0) is 11.2 Å². The lowest BCUT2D eigenvalue weighted by Gasteiger charge is -2.27. The molecule has 0 bridgehead atoms. The quantitative estimate of drug-likeness (QED) is 0.0783. The zero-order valence-corrected chi connectivity index (χ0v) is 24.4. The standard InChI is InChI=1S/C32H53NO7/c1-3-4-15-30(37)31(38)20-19-26(18-17-25-12-8-7-9-13-25)28(21-27(36)23-34)29(33-22-24(2)35)14-10-5-6-11-16-32(39)40/h7-9,12-13,19-20,24,27,29-31,33-38H,3-6,10-11,14-18,21-23H2,1-2H3,(H,39,40)/b20-19+,28-26+/t24-,27-,29-,30-,31+/m0/s1. The lowest BCUT2D eigenvalue weighted by Crippen LogP contribution is -2.38. The zero-order chi connectivity index (χ0) is 29.8. The summed E-state index contributed by atoms with van der Waals surface area (Å²) in [5.41, 5.74) is 2.95. The normalized spacial score (nSPS) is 16.4. The van der Waals surface area contributed by atoms with Crippen LogP contribution < -0.4 is 5.32 Å². The van der Waals surface area contributed by atoms with Crippen LogP contribution in [-0.4, -0.2) is 80.2 Å². The molecule has 8 heteroatoms. The van der Waals surface area contributed by atoms with Crippen LogP contribution in [0.15, 0.2) is 53.6 Å². The Labute approximate surface area is 240 Å². The Bertz CT molecular complexity index is 856. The fraction of sp³-hybridized carbons (Fsp3) is 0.656. The van der Waals surface area contributed by atoms with Crippen LogP contribution in [0.3, 0.4) is 0 Å². The number of aryl methyl sites for hydroxylation is 1. The van der Waals surface area contributed by atoms with Gasteiger partial charge in [-0.1, -0.05) is 81.5 Å². The molecule has 0 aromatic heterocycles. The second kappa shape index (κ2) is 21.6. The Balaban J connectivity index is 3.33. The smallest absolute Gasteiger partial charge is 0.303 e. The van der Waals surface area contributed by atoms with E-state index in [9.17, 15) is 30.3 Å². The van der Waals surface area contributed by atoms with E-state index < -0.39 is 37.0 Å². The molecule has 0 aliphatic rings. The monoisotopic (exact) mass is 563 g/mol. The second-order valence-corrected chi connectivity index (χ2v) is 10.8. The number of hydrogen-bond donors (Lipinski definition) is 7. The molecule has 0 aliphatic heterocycles. The number of hydrogen-bond acceptors (Lipinski definition) is 7. The fourth-order valence-electron chi connectivity index (χ4n) is 4.71. The van der Waals surface area contributed by atoms with Crippen LogP contribution in [0.1, 0.15) is 90.0 Å². The Morgan fingerprint density at radius 3 is 2.27 bits per heavy atom. The molecule has 5 atom stereocenters.